The summed E-state index contributed by atoms with van der Waals surface area (Å²) in [4.78, 5) is 0. The zero-order chi connectivity index (χ0) is 9.61. The molecule has 1 unspecified atom stereocenters. The molecule has 0 aromatic carbocycles. The number of ether oxygens (including phenoxy) is 1. The number of hydrogen-bond donors (Lipinski definition) is 1. The molecule has 0 saturated carbocycles. The minimum atomic E-state index is 0.175. The highest BCUT2D eigenvalue weighted by atomic mass is 32.2. The predicted octanol–water partition coefficient (Wildman–Crippen LogP) is 1.88. The smallest absolute Gasteiger partial charge is 0.0625 e. The SMILES string of the molecule is CCOCC(N)CSC(C)(C)C. The predicted molar refractivity (Wildman–Crippen MR) is 56.7 cm³/mol. The van der Waals surface area contributed by atoms with Crippen LogP contribution in [0.5, 0.6) is 0 Å². The van der Waals surface area contributed by atoms with E-state index in [1.807, 2.05) is 18.7 Å². The second kappa shape index (κ2) is 5.84. The molecule has 2 N–H and O–H groups in total. The van der Waals surface area contributed by atoms with Crippen LogP contribution in [0.25, 0.3) is 0 Å². The van der Waals surface area contributed by atoms with Crippen LogP contribution in [0.4, 0.5) is 0 Å². The van der Waals surface area contributed by atoms with Gasteiger partial charge in [0.1, 0.15) is 0 Å². The van der Waals surface area contributed by atoms with Crippen molar-refractivity contribution in [3.05, 3.63) is 0 Å². The molecule has 0 aromatic rings. The normalized spacial score (nSPS) is 14.8. The summed E-state index contributed by atoms with van der Waals surface area (Å²) in [5, 5.41) is 0. The van der Waals surface area contributed by atoms with Crippen LogP contribution in [0.3, 0.4) is 0 Å². The molecule has 0 rings (SSSR count). The fourth-order valence-electron chi connectivity index (χ4n) is 0.674. The Morgan fingerprint density at radius 3 is 2.42 bits per heavy atom. The van der Waals surface area contributed by atoms with E-state index in [1.54, 1.807) is 0 Å². The molecule has 0 fully saturated rings. The average molecular weight is 191 g/mol. The summed E-state index contributed by atoms with van der Waals surface area (Å²) >= 11 is 1.89. The van der Waals surface area contributed by atoms with E-state index < -0.39 is 0 Å². The van der Waals surface area contributed by atoms with Crippen molar-refractivity contribution in [3.63, 3.8) is 0 Å². The van der Waals surface area contributed by atoms with Crippen molar-refractivity contribution in [2.45, 2.75) is 38.5 Å². The quantitative estimate of drug-likeness (QED) is 0.720. The van der Waals surface area contributed by atoms with E-state index in [2.05, 4.69) is 20.8 Å². The van der Waals surface area contributed by atoms with E-state index in [4.69, 9.17) is 10.5 Å². The lowest BCUT2D eigenvalue weighted by Gasteiger charge is -2.20. The van der Waals surface area contributed by atoms with Crippen LogP contribution in [-0.4, -0.2) is 29.8 Å². The van der Waals surface area contributed by atoms with Gasteiger partial charge in [-0.15, -0.1) is 0 Å². The molecule has 0 bridgehead atoms. The van der Waals surface area contributed by atoms with E-state index in [1.165, 1.54) is 0 Å². The van der Waals surface area contributed by atoms with Gasteiger partial charge in [0.05, 0.1) is 6.61 Å². The van der Waals surface area contributed by atoms with Crippen LogP contribution >= 0.6 is 11.8 Å². The Balaban J connectivity index is 3.37. The fraction of sp³-hybridized carbons (Fsp3) is 1.00. The molecule has 0 aliphatic heterocycles. The van der Waals surface area contributed by atoms with Crippen molar-refractivity contribution in [2.24, 2.45) is 5.73 Å². The molecule has 1 atom stereocenters. The van der Waals surface area contributed by atoms with Crippen molar-refractivity contribution < 1.29 is 4.74 Å². The highest BCUT2D eigenvalue weighted by molar-refractivity contribution is 8.00. The summed E-state index contributed by atoms with van der Waals surface area (Å²) in [5.41, 5.74) is 5.82. The largest absolute Gasteiger partial charge is 0.380 e. The second-order valence-corrected chi connectivity index (χ2v) is 5.69. The minimum absolute atomic E-state index is 0.175. The van der Waals surface area contributed by atoms with Gasteiger partial charge in [0.25, 0.3) is 0 Å². The summed E-state index contributed by atoms with van der Waals surface area (Å²) in [5.74, 6) is 0.976. The van der Waals surface area contributed by atoms with Gasteiger partial charge >= 0.3 is 0 Å². The third-order valence-corrected chi connectivity index (χ3v) is 2.73. The third kappa shape index (κ3) is 8.37. The van der Waals surface area contributed by atoms with Crippen molar-refractivity contribution in [3.8, 4) is 0 Å². The standard InChI is InChI=1S/C9H21NOS/c1-5-11-6-8(10)7-12-9(2,3)4/h8H,5-7,10H2,1-4H3. The van der Waals surface area contributed by atoms with Crippen molar-refractivity contribution in [2.75, 3.05) is 19.0 Å². The molecule has 0 amide bonds. The van der Waals surface area contributed by atoms with Gasteiger partial charge in [0, 0.05) is 23.1 Å². The van der Waals surface area contributed by atoms with Crippen molar-refractivity contribution >= 4 is 11.8 Å². The summed E-state index contributed by atoms with van der Waals surface area (Å²) in [6.07, 6.45) is 0. The first-order chi connectivity index (χ1) is 5.45. The maximum Gasteiger partial charge on any atom is 0.0625 e. The van der Waals surface area contributed by atoms with E-state index in [0.29, 0.717) is 11.4 Å². The summed E-state index contributed by atoms with van der Waals surface area (Å²) in [6.45, 7) is 10.0. The monoisotopic (exact) mass is 191 g/mol. The Kier molecular flexibility index (Phi) is 5.97. The van der Waals surface area contributed by atoms with Crippen LogP contribution in [-0.2, 0) is 4.74 Å². The van der Waals surface area contributed by atoms with Crippen LogP contribution < -0.4 is 5.73 Å². The maximum absolute atomic E-state index is 5.82. The van der Waals surface area contributed by atoms with Crippen LogP contribution in [0.15, 0.2) is 0 Å². The van der Waals surface area contributed by atoms with Gasteiger partial charge in [0.15, 0.2) is 0 Å². The lowest BCUT2D eigenvalue weighted by atomic mass is 10.3. The van der Waals surface area contributed by atoms with E-state index >= 15 is 0 Å². The molecule has 12 heavy (non-hydrogen) atoms. The molecule has 0 radical (unpaired) electrons. The Morgan fingerprint density at radius 2 is 2.00 bits per heavy atom. The first-order valence-corrected chi connectivity index (χ1v) is 5.41. The lowest BCUT2D eigenvalue weighted by Crippen LogP contribution is -2.30. The average Bonchev–Trinajstić information content (AvgIpc) is 1.95. The van der Waals surface area contributed by atoms with Gasteiger partial charge in [-0.25, -0.2) is 0 Å². The van der Waals surface area contributed by atoms with E-state index in [9.17, 15) is 0 Å². The Bertz CT molecular complexity index is 112. The van der Waals surface area contributed by atoms with Gasteiger partial charge in [0.2, 0.25) is 0 Å². The maximum atomic E-state index is 5.82. The third-order valence-electron chi connectivity index (χ3n) is 1.27. The Morgan fingerprint density at radius 1 is 1.42 bits per heavy atom. The van der Waals surface area contributed by atoms with Gasteiger partial charge in [-0.3, -0.25) is 0 Å². The molecule has 3 heteroatoms. The van der Waals surface area contributed by atoms with Crippen molar-refractivity contribution in [1.29, 1.82) is 0 Å². The summed E-state index contributed by atoms with van der Waals surface area (Å²) in [7, 11) is 0. The first-order valence-electron chi connectivity index (χ1n) is 4.43. The van der Waals surface area contributed by atoms with Gasteiger partial charge in [-0.1, -0.05) is 20.8 Å². The molecule has 0 heterocycles. The van der Waals surface area contributed by atoms with Crippen LogP contribution in [0, 0.1) is 0 Å². The molecular weight excluding hydrogens is 170 g/mol. The molecular formula is C9H21NOS. The van der Waals surface area contributed by atoms with Crippen LogP contribution in [0.1, 0.15) is 27.7 Å². The van der Waals surface area contributed by atoms with Crippen molar-refractivity contribution in [1.82, 2.24) is 0 Å². The number of hydrogen-bond acceptors (Lipinski definition) is 3. The number of nitrogens with two attached hydrogens (primary N) is 1. The first kappa shape index (κ1) is 12.3. The van der Waals surface area contributed by atoms with Gasteiger partial charge in [-0.05, 0) is 6.92 Å². The molecule has 0 aromatic heterocycles. The lowest BCUT2D eigenvalue weighted by molar-refractivity contribution is 0.138. The molecule has 2 nitrogen and oxygen atoms in total. The van der Waals surface area contributed by atoms with Gasteiger partial charge < -0.3 is 10.5 Å². The topological polar surface area (TPSA) is 35.2 Å². The molecule has 74 valence electrons. The van der Waals surface area contributed by atoms with E-state index in [0.717, 1.165) is 12.4 Å². The number of rotatable bonds is 5. The minimum Gasteiger partial charge on any atom is -0.380 e. The molecule has 0 aliphatic rings. The van der Waals surface area contributed by atoms with Crippen LogP contribution in [0.2, 0.25) is 0 Å². The molecule has 0 saturated heterocycles. The Labute approximate surface area is 80.2 Å². The summed E-state index contributed by atoms with van der Waals surface area (Å²) < 4.78 is 5.53. The fourth-order valence-corrected chi connectivity index (χ4v) is 1.48. The summed E-state index contributed by atoms with van der Waals surface area (Å²) in [6, 6.07) is 0.175. The molecule has 0 aliphatic carbocycles. The highest BCUT2D eigenvalue weighted by Gasteiger charge is 2.12. The second-order valence-electron chi connectivity index (χ2n) is 3.84. The molecule has 0 spiro atoms. The number of thioether (sulfide) groups is 1. The highest BCUT2D eigenvalue weighted by Crippen LogP contribution is 2.23. The zero-order valence-electron chi connectivity index (χ0n) is 8.59. The van der Waals surface area contributed by atoms with Gasteiger partial charge in [-0.2, -0.15) is 11.8 Å². The zero-order valence-corrected chi connectivity index (χ0v) is 9.41. The Hall–Kier alpha value is 0.270. The van der Waals surface area contributed by atoms with E-state index in [-0.39, 0.29) is 6.04 Å².